The van der Waals surface area contributed by atoms with Gasteiger partial charge in [0.25, 0.3) is 5.91 Å². The van der Waals surface area contributed by atoms with Gasteiger partial charge in [0, 0.05) is 57.1 Å². The number of ether oxygens (including phenoxy) is 1. The molecule has 39 heavy (non-hydrogen) atoms. The predicted octanol–water partition coefficient (Wildman–Crippen LogP) is 2.04. The molecule has 0 spiro atoms. The molecule has 5 N–H and O–H groups in total. The van der Waals surface area contributed by atoms with Crippen LogP contribution in [-0.4, -0.2) is 102 Å². The third-order valence-electron chi connectivity index (χ3n) is 8.04. The molecule has 0 atom stereocenters. The Morgan fingerprint density at radius 3 is 2.56 bits per heavy atom. The lowest BCUT2D eigenvalue weighted by molar-refractivity contribution is 0.0996. The van der Waals surface area contributed by atoms with Gasteiger partial charge in [0.1, 0.15) is 18.2 Å². The SMILES string of the molecule is CCc1nc(C(N)=O)c(Nc2ccc3c(c2)OCCN3CCN2CCN(C)CC2)nc1NC1CCC(O)CC1. The van der Waals surface area contributed by atoms with Gasteiger partial charge < -0.3 is 36.0 Å². The molecule has 11 heteroatoms. The Kier molecular flexibility index (Phi) is 8.69. The molecule has 1 aliphatic carbocycles. The zero-order chi connectivity index (χ0) is 27.4. The van der Waals surface area contributed by atoms with Gasteiger partial charge >= 0.3 is 0 Å². The molecule has 0 bridgehead atoms. The van der Waals surface area contributed by atoms with Crippen molar-refractivity contribution in [3.05, 3.63) is 29.6 Å². The number of aryl methyl sites for hydroxylation is 1. The fourth-order valence-corrected chi connectivity index (χ4v) is 5.56. The summed E-state index contributed by atoms with van der Waals surface area (Å²) in [6.45, 7) is 9.90. The fraction of sp³-hybridized carbons (Fsp3) is 0.607. The lowest BCUT2D eigenvalue weighted by Gasteiger charge is -2.36. The minimum atomic E-state index is -0.628. The van der Waals surface area contributed by atoms with Gasteiger partial charge in [0.2, 0.25) is 0 Å². The number of likely N-dealkylation sites (N-methyl/N-ethyl adjacent to an activating group) is 1. The number of carbonyl (C=O) groups is 1. The van der Waals surface area contributed by atoms with Crippen LogP contribution >= 0.6 is 0 Å². The first-order chi connectivity index (χ1) is 18.9. The van der Waals surface area contributed by atoms with E-state index in [9.17, 15) is 9.90 Å². The molecule has 0 unspecified atom stereocenters. The highest BCUT2D eigenvalue weighted by atomic mass is 16.5. The van der Waals surface area contributed by atoms with Gasteiger partial charge in [-0.15, -0.1) is 0 Å². The van der Waals surface area contributed by atoms with Crippen LogP contribution < -0.4 is 26.0 Å². The first kappa shape index (κ1) is 27.4. The summed E-state index contributed by atoms with van der Waals surface area (Å²) in [5.74, 6) is 1.15. The van der Waals surface area contributed by atoms with Crippen LogP contribution in [0.25, 0.3) is 0 Å². The predicted molar refractivity (Wildman–Crippen MR) is 153 cm³/mol. The molecule has 1 aromatic carbocycles. The highest BCUT2D eigenvalue weighted by Gasteiger charge is 2.24. The van der Waals surface area contributed by atoms with Gasteiger partial charge in [0.05, 0.1) is 24.0 Å². The van der Waals surface area contributed by atoms with E-state index in [1.807, 2.05) is 19.1 Å². The van der Waals surface area contributed by atoms with Gasteiger partial charge in [-0.2, -0.15) is 0 Å². The molecule has 5 rings (SSSR count). The topological polar surface area (TPSA) is 132 Å². The number of rotatable bonds is 9. The number of hydrogen-bond acceptors (Lipinski definition) is 10. The largest absolute Gasteiger partial charge is 0.489 e. The summed E-state index contributed by atoms with van der Waals surface area (Å²) in [5.41, 5.74) is 8.35. The van der Waals surface area contributed by atoms with Crippen LogP contribution in [0.3, 0.4) is 0 Å². The number of amides is 1. The number of aliphatic hydroxyl groups excluding tert-OH is 1. The minimum absolute atomic E-state index is 0.115. The van der Waals surface area contributed by atoms with E-state index in [2.05, 4.69) is 43.4 Å². The third kappa shape index (κ3) is 6.71. The van der Waals surface area contributed by atoms with Crippen LogP contribution in [0.15, 0.2) is 18.2 Å². The van der Waals surface area contributed by atoms with Crippen molar-refractivity contribution >= 4 is 28.9 Å². The molecule has 1 aromatic heterocycles. The lowest BCUT2D eigenvalue weighted by Crippen LogP contribution is -2.47. The summed E-state index contributed by atoms with van der Waals surface area (Å²) < 4.78 is 6.02. The zero-order valence-corrected chi connectivity index (χ0v) is 23.2. The summed E-state index contributed by atoms with van der Waals surface area (Å²) in [6.07, 6.45) is 3.63. The van der Waals surface area contributed by atoms with Crippen LogP contribution in [-0.2, 0) is 6.42 Å². The molecule has 2 fully saturated rings. The number of anilines is 4. The number of nitrogens with one attached hydrogen (secondary N) is 2. The van der Waals surface area contributed by atoms with Gasteiger partial charge in [-0.3, -0.25) is 9.69 Å². The van der Waals surface area contributed by atoms with Crippen molar-refractivity contribution in [1.82, 2.24) is 19.8 Å². The molecule has 3 aliphatic rings. The minimum Gasteiger partial charge on any atom is -0.489 e. The van der Waals surface area contributed by atoms with Crippen LogP contribution in [0.4, 0.5) is 23.0 Å². The number of aromatic nitrogens is 2. The second-order valence-electron chi connectivity index (χ2n) is 10.9. The van der Waals surface area contributed by atoms with Gasteiger partial charge in [-0.05, 0) is 51.3 Å². The van der Waals surface area contributed by atoms with E-state index in [1.165, 1.54) is 0 Å². The van der Waals surface area contributed by atoms with E-state index < -0.39 is 5.91 Å². The van der Waals surface area contributed by atoms with Gasteiger partial charge in [0.15, 0.2) is 11.5 Å². The monoisotopic (exact) mass is 538 g/mol. The molecule has 212 valence electrons. The summed E-state index contributed by atoms with van der Waals surface area (Å²) in [7, 11) is 2.18. The van der Waals surface area contributed by atoms with Crippen LogP contribution in [0.1, 0.15) is 48.8 Å². The van der Waals surface area contributed by atoms with Crippen molar-refractivity contribution in [3.63, 3.8) is 0 Å². The Hall–Kier alpha value is -3.15. The van der Waals surface area contributed by atoms with Crippen molar-refractivity contribution in [2.24, 2.45) is 5.73 Å². The van der Waals surface area contributed by atoms with Crippen molar-refractivity contribution in [1.29, 1.82) is 0 Å². The number of fused-ring (bicyclic) bond motifs is 1. The average Bonchev–Trinajstić information content (AvgIpc) is 2.94. The van der Waals surface area contributed by atoms with E-state index >= 15 is 0 Å². The number of aliphatic hydroxyl groups is 1. The summed E-state index contributed by atoms with van der Waals surface area (Å²) in [4.78, 5) is 28.9. The fourth-order valence-electron chi connectivity index (χ4n) is 5.56. The molecular formula is C28H42N8O3. The average molecular weight is 539 g/mol. The first-order valence-electron chi connectivity index (χ1n) is 14.2. The normalized spacial score (nSPS) is 22.2. The molecule has 1 saturated carbocycles. The van der Waals surface area contributed by atoms with Crippen molar-refractivity contribution in [2.45, 2.75) is 51.2 Å². The molecule has 1 saturated heterocycles. The number of hydrogen-bond donors (Lipinski definition) is 4. The Balaban J connectivity index is 1.31. The summed E-state index contributed by atoms with van der Waals surface area (Å²) >= 11 is 0. The molecule has 11 nitrogen and oxygen atoms in total. The highest BCUT2D eigenvalue weighted by Crippen LogP contribution is 2.35. The maximum atomic E-state index is 12.3. The van der Waals surface area contributed by atoms with Crippen molar-refractivity contribution < 1.29 is 14.6 Å². The number of benzene rings is 1. The molecule has 1 amide bonds. The Labute approximate surface area is 230 Å². The standard InChI is InChI=1S/C28H42N8O3/c1-3-22-27(30-19-4-7-21(37)8-5-19)33-28(25(32-22)26(29)38)31-20-6-9-23-24(18-20)39-17-16-36(23)15-14-35-12-10-34(2)11-13-35/h6,9,18-19,21,37H,3-5,7-8,10-17H2,1-2H3,(H2,29,38)(H2,30,31,33). The van der Waals surface area contributed by atoms with Crippen LogP contribution in [0.2, 0.25) is 0 Å². The van der Waals surface area contributed by atoms with E-state index in [0.717, 1.165) is 88.6 Å². The molecule has 2 aromatic rings. The number of primary amides is 1. The second-order valence-corrected chi connectivity index (χ2v) is 10.9. The van der Waals surface area contributed by atoms with E-state index in [1.54, 1.807) is 0 Å². The maximum Gasteiger partial charge on any atom is 0.271 e. The Bertz CT molecular complexity index is 1150. The second kappa shape index (κ2) is 12.4. The lowest BCUT2D eigenvalue weighted by atomic mass is 9.93. The van der Waals surface area contributed by atoms with Crippen LogP contribution in [0.5, 0.6) is 5.75 Å². The number of piperazine rings is 1. The third-order valence-corrected chi connectivity index (χ3v) is 8.04. The quantitative estimate of drug-likeness (QED) is 0.376. The van der Waals surface area contributed by atoms with E-state index in [0.29, 0.717) is 30.4 Å². The maximum absolute atomic E-state index is 12.3. The van der Waals surface area contributed by atoms with Gasteiger partial charge in [-0.1, -0.05) is 6.92 Å². The number of nitrogens with two attached hydrogens (primary N) is 1. The Morgan fingerprint density at radius 2 is 1.85 bits per heavy atom. The molecular weight excluding hydrogens is 496 g/mol. The molecule has 2 aliphatic heterocycles. The number of nitrogens with zero attached hydrogens (tertiary/aromatic N) is 5. The van der Waals surface area contributed by atoms with E-state index in [-0.39, 0.29) is 17.8 Å². The van der Waals surface area contributed by atoms with E-state index in [4.69, 9.17) is 15.5 Å². The van der Waals surface area contributed by atoms with Crippen LogP contribution in [0, 0.1) is 0 Å². The summed E-state index contributed by atoms with van der Waals surface area (Å²) in [5, 5.41) is 16.6. The van der Waals surface area contributed by atoms with Gasteiger partial charge in [-0.25, -0.2) is 9.97 Å². The summed E-state index contributed by atoms with van der Waals surface area (Å²) in [6, 6.07) is 6.19. The number of carbonyl (C=O) groups excluding carboxylic acids is 1. The molecule has 0 radical (unpaired) electrons. The molecule has 3 heterocycles. The van der Waals surface area contributed by atoms with Crippen molar-refractivity contribution in [2.75, 3.05) is 75.0 Å². The first-order valence-corrected chi connectivity index (χ1v) is 14.2. The Morgan fingerprint density at radius 1 is 1.08 bits per heavy atom. The van der Waals surface area contributed by atoms with Crippen molar-refractivity contribution in [3.8, 4) is 5.75 Å². The zero-order valence-electron chi connectivity index (χ0n) is 23.2. The highest BCUT2D eigenvalue weighted by molar-refractivity contribution is 5.96. The smallest absolute Gasteiger partial charge is 0.271 e.